The van der Waals surface area contributed by atoms with Gasteiger partial charge in [0.15, 0.2) is 0 Å². The summed E-state index contributed by atoms with van der Waals surface area (Å²) in [6.45, 7) is 6.51. The van der Waals surface area contributed by atoms with E-state index in [1.54, 1.807) is 0 Å². The fourth-order valence-corrected chi connectivity index (χ4v) is 3.79. The third kappa shape index (κ3) is 11.3. The largest absolute Gasteiger partial charge is 3.00 e. The molecular weight excluding hydrogens is 474 g/mol. The Morgan fingerprint density at radius 1 is 0.480 bits per heavy atom. The van der Waals surface area contributed by atoms with E-state index in [9.17, 15) is 0 Å². The molecule has 10 heteroatoms. The molecule has 0 radical (unpaired) electrons. The summed E-state index contributed by atoms with van der Waals surface area (Å²) in [4.78, 5) is 6.22. The van der Waals surface area contributed by atoms with Crippen LogP contribution < -0.4 is 0 Å². The summed E-state index contributed by atoms with van der Waals surface area (Å²) >= 11 is 28.8. The Bertz CT molecular complexity index is 358. The van der Waals surface area contributed by atoms with E-state index in [1.165, 1.54) is 38.5 Å². The molecule has 0 saturated carbocycles. The first kappa shape index (κ1) is 25.8. The topological polar surface area (TPSA) is 9.72 Å². The SMILES string of the molecule is S=C([S-])N1CCCC1.S=C([S-])N1CCCC1.S=C([S-])N1CCCC1.[Co+3]. The fourth-order valence-electron chi connectivity index (χ4n) is 2.70. The van der Waals surface area contributed by atoms with Gasteiger partial charge in [-0.1, -0.05) is 13.0 Å². The van der Waals surface area contributed by atoms with E-state index in [4.69, 9.17) is 74.5 Å². The van der Waals surface area contributed by atoms with Gasteiger partial charge in [0.25, 0.3) is 0 Å². The predicted octanol–water partition coefficient (Wildman–Crippen LogP) is 2.74. The van der Waals surface area contributed by atoms with Crippen LogP contribution >= 0.6 is 36.7 Å². The Hall–Kier alpha value is 0.836. The summed E-state index contributed by atoms with van der Waals surface area (Å²) in [5.41, 5.74) is 0. The molecule has 0 N–H and O–H groups in total. The Balaban J connectivity index is 0.000000339. The van der Waals surface area contributed by atoms with Crippen molar-refractivity contribution in [3.8, 4) is 0 Å². The molecule has 3 nitrogen and oxygen atoms in total. The van der Waals surface area contributed by atoms with Gasteiger partial charge in [-0.15, -0.1) is 0 Å². The first-order valence-corrected chi connectivity index (χ1v) is 10.7. The van der Waals surface area contributed by atoms with E-state index in [-0.39, 0.29) is 16.8 Å². The molecule has 3 heterocycles. The van der Waals surface area contributed by atoms with E-state index in [0.29, 0.717) is 13.0 Å². The van der Waals surface area contributed by atoms with Crippen molar-refractivity contribution in [2.24, 2.45) is 0 Å². The van der Waals surface area contributed by atoms with E-state index in [0.717, 1.165) is 39.3 Å². The zero-order valence-electron chi connectivity index (χ0n) is 14.1. The molecular formula is C15H24CoN3S6. The van der Waals surface area contributed by atoms with E-state index < -0.39 is 0 Å². The smallest absolute Gasteiger partial charge is 0.411 e. The Kier molecular flexibility index (Phi) is 15.3. The zero-order chi connectivity index (χ0) is 17.9. The van der Waals surface area contributed by atoms with E-state index >= 15 is 0 Å². The monoisotopic (exact) mass is 497 g/mol. The molecule has 25 heavy (non-hydrogen) atoms. The van der Waals surface area contributed by atoms with Crippen LogP contribution in [0.1, 0.15) is 38.5 Å². The van der Waals surface area contributed by atoms with Crippen molar-refractivity contribution in [3.05, 3.63) is 0 Å². The molecule has 3 saturated heterocycles. The average Bonchev–Trinajstić information content (AvgIpc) is 3.29. The van der Waals surface area contributed by atoms with Crippen LogP contribution in [0.15, 0.2) is 0 Å². The molecule has 0 bridgehead atoms. The van der Waals surface area contributed by atoms with Crippen LogP contribution in [0.2, 0.25) is 0 Å². The zero-order valence-corrected chi connectivity index (χ0v) is 20.0. The van der Waals surface area contributed by atoms with Crippen LogP contribution in [0.3, 0.4) is 0 Å². The van der Waals surface area contributed by atoms with Crippen LogP contribution in [-0.4, -0.2) is 66.9 Å². The second-order valence-electron chi connectivity index (χ2n) is 5.88. The van der Waals surface area contributed by atoms with Gasteiger partial charge < -0.3 is 89.2 Å². The average molecular weight is 498 g/mol. The molecule has 0 aliphatic carbocycles. The quantitative estimate of drug-likeness (QED) is 0.366. The minimum absolute atomic E-state index is 0. The molecule has 0 amide bonds. The summed E-state index contributed by atoms with van der Waals surface area (Å²) in [5, 5.41) is 0. The predicted molar refractivity (Wildman–Crippen MR) is 122 cm³/mol. The number of nitrogens with zero attached hydrogens (tertiary/aromatic N) is 3. The van der Waals surface area contributed by atoms with Gasteiger partial charge in [-0.25, -0.2) is 0 Å². The summed E-state index contributed by atoms with van der Waals surface area (Å²) in [7, 11) is 0. The van der Waals surface area contributed by atoms with Crippen molar-refractivity contribution < 1.29 is 16.8 Å². The molecule has 3 aliphatic heterocycles. The third-order valence-corrected chi connectivity index (χ3v) is 5.64. The molecule has 0 aromatic carbocycles. The van der Waals surface area contributed by atoms with Gasteiger partial charge >= 0.3 is 16.8 Å². The van der Waals surface area contributed by atoms with Gasteiger partial charge in [-0.05, 0) is 38.5 Å². The number of hydrogen-bond acceptors (Lipinski definition) is 6. The van der Waals surface area contributed by atoms with Gasteiger partial charge in [-0.3, -0.25) is 0 Å². The number of hydrogen-bond donors (Lipinski definition) is 0. The number of thiocarbonyl (C=S) groups is 3. The summed E-state index contributed by atoms with van der Waals surface area (Å²) in [5.74, 6) is 0. The first-order valence-electron chi connectivity index (χ1n) is 8.29. The van der Waals surface area contributed by atoms with Crippen molar-refractivity contribution >= 4 is 87.5 Å². The molecule has 3 fully saturated rings. The Morgan fingerprint density at radius 2 is 0.640 bits per heavy atom. The maximum absolute atomic E-state index is 4.80. The van der Waals surface area contributed by atoms with Gasteiger partial charge in [0.2, 0.25) is 0 Å². The molecule has 3 aliphatic rings. The summed E-state index contributed by atoms with van der Waals surface area (Å²) in [6.07, 6.45) is 7.56. The van der Waals surface area contributed by atoms with E-state index in [1.807, 2.05) is 0 Å². The van der Waals surface area contributed by atoms with E-state index in [2.05, 4.69) is 14.7 Å². The Morgan fingerprint density at radius 3 is 0.720 bits per heavy atom. The van der Waals surface area contributed by atoms with Crippen LogP contribution in [0.5, 0.6) is 0 Å². The van der Waals surface area contributed by atoms with Gasteiger partial charge in [-0.2, -0.15) is 0 Å². The fraction of sp³-hybridized carbons (Fsp3) is 0.800. The summed E-state index contributed by atoms with van der Waals surface area (Å²) in [6, 6.07) is 0. The van der Waals surface area contributed by atoms with Crippen molar-refractivity contribution in [1.29, 1.82) is 0 Å². The minimum Gasteiger partial charge on any atom is -0.411 e. The molecule has 0 atom stereocenters. The third-order valence-electron chi connectivity index (χ3n) is 4.09. The van der Waals surface area contributed by atoms with Crippen molar-refractivity contribution in [3.63, 3.8) is 0 Å². The second-order valence-corrected chi connectivity index (χ2v) is 8.98. The number of rotatable bonds is 0. The molecule has 3 rings (SSSR count). The maximum atomic E-state index is 4.80. The number of likely N-dealkylation sites (tertiary alicyclic amines) is 3. The van der Waals surface area contributed by atoms with Gasteiger partial charge in [0.05, 0.1) is 0 Å². The maximum Gasteiger partial charge on any atom is 3.00 e. The first-order chi connectivity index (χ1) is 11.4. The van der Waals surface area contributed by atoms with Crippen LogP contribution in [0.25, 0.3) is 0 Å². The van der Waals surface area contributed by atoms with Crippen molar-refractivity contribution in [1.82, 2.24) is 14.7 Å². The van der Waals surface area contributed by atoms with Gasteiger partial charge in [0, 0.05) is 39.3 Å². The molecule has 0 unspecified atom stereocenters. The van der Waals surface area contributed by atoms with Crippen LogP contribution in [0, 0.1) is 0 Å². The van der Waals surface area contributed by atoms with Crippen molar-refractivity contribution in [2.45, 2.75) is 38.5 Å². The minimum atomic E-state index is 0. The summed E-state index contributed by atoms with van der Waals surface area (Å²) < 4.78 is 1.92. The molecule has 0 spiro atoms. The van der Waals surface area contributed by atoms with Gasteiger partial charge in [0.1, 0.15) is 0 Å². The standard InChI is InChI=1S/3C5H9NS2.Co/c3*7-5(8)6-3-1-2-4-6;/h3*1-4H2,(H,7,8);/q;;;+3/p-3. The van der Waals surface area contributed by atoms with Crippen LogP contribution in [0.4, 0.5) is 0 Å². The van der Waals surface area contributed by atoms with Crippen LogP contribution in [-0.2, 0) is 54.7 Å². The molecule has 144 valence electrons. The van der Waals surface area contributed by atoms with Crippen molar-refractivity contribution in [2.75, 3.05) is 39.3 Å². The second kappa shape index (κ2) is 14.8. The Labute approximate surface area is 195 Å². The normalized spacial score (nSPS) is 18.5. The molecule has 0 aromatic heterocycles. The molecule has 0 aromatic rings.